The molecule has 0 N–H and O–H groups in total. The Morgan fingerprint density at radius 3 is 2.71 bits per heavy atom. The Kier molecular flexibility index (Phi) is 3.87. The van der Waals surface area contributed by atoms with Gasteiger partial charge in [-0.15, -0.1) is 0 Å². The molecule has 0 unspecified atom stereocenters. The van der Waals surface area contributed by atoms with E-state index in [1.807, 2.05) is 0 Å². The lowest BCUT2D eigenvalue weighted by Crippen LogP contribution is -2.53. The molecule has 0 spiro atoms. The van der Waals surface area contributed by atoms with E-state index >= 15 is 0 Å². The second-order valence-electron chi connectivity index (χ2n) is 6.67. The van der Waals surface area contributed by atoms with E-state index < -0.39 is 0 Å². The minimum Gasteiger partial charge on any atom is -0.335 e. The second kappa shape index (κ2) is 5.66. The molecule has 1 saturated heterocycles. The number of likely N-dealkylation sites (tertiary alicyclic amines) is 1. The molecule has 1 aliphatic heterocycles. The number of aryl methyl sites for hydroxylation is 1. The predicted octanol–water partition coefficient (Wildman–Crippen LogP) is 2.43. The van der Waals surface area contributed by atoms with Crippen LogP contribution in [0.2, 0.25) is 0 Å². The summed E-state index contributed by atoms with van der Waals surface area (Å²) >= 11 is 0. The zero-order valence-electron chi connectivity index (χ0n) is 12.9. The number of amides is 1. The Balaban J connectivity index is 1.88. The van der Waals surface area contributed by atoms with Crippen LogP contribution in [0, 0.1) is 11.8 Å². The first-order chi connectivity index (χ1) is 10.1. The molecule has 1 aromatic rings. The fraction of sp³-hybridized carbons (Fsp3) is 0.647. The van der Waals surface area contributed by atoms with Gasteiger partial charge in [0.05, 0.1) is 5.56 Å². The van der Waals surface area contributed by atoms with Crippen molar-refractivity contribution in [2.24, 2.45) is 18.9 Å². The quantitative estimate of drug-likeness (QED) is 0.796. The van der Waals surface area contributed by atoms with Gasteiger partial charge >= 0.3 is 0 Å². The molecule has 3 rings (SSSR count). The van der Waals surface area contributed by atoms with E-state index in [0.717, 1.165) is 13.0 Å². The van der Waals surface area contributed by atoms with E-state index in [4.69, 9.17) is 0 Å². The van der Waals surface area contributed by atoms with Crippen LogP contribution >= 0.6 is 0 Å². The van der Waals surface area contributed by atoms with Gasteiger partial charge in [0.2, 0.25) is 5.56 Å². The van der Waals surface area contributed by atoms with Crippen LogP contribution in [0.1, 0.15) is 49.4 Å². The first-order valence-electron chi connectivity index (χ1n) is 8.05. The lowest BCUT2D eigenvalue weighted by molar-refractivity contribution is 0.0210. The molecule has 4 nitrogen and oxygen atoms in total. The van der Waals surface area contributed by atoms with Crippen LogP contribution in [-0.4, -0.2) is 28.0 Å². The fourth-order valence-corrected chi connectivity index (χ4v) is 4.18. The largest absolute Gasteiger partial charge is 0.335 e. The van der Waals surface area contributed by atoms with Crippen LogP contribution in [0.3, 0.4) is 0 Å². The molecule has 21 heavy (non-hydrogen) atoms. The van der Waals surface area contributed by atoms with Gasteiger partial charge in [-0.1, -0.05) is 13.3 Å². The summed E-state index contributed by atoms with van der Waals surface area (Å²) in [5.74, 6) is 1.34. The molecule has 1 aliphatic carbocycles. The van der Waals surface area contributed by atoms with Crippen molar-refractivity contribution in [3.63, 3.8) is 0 Å². The van der Waals surface area contributed by atoms with Crippen LogP contribution in [0.15, 0.2) is 23.1 Å². The van der Waals surface area contributed by atoms with Crippen LogP contribution in [0.4, 0.5) is 0 Å². The Morgan fingerprint density at radius 2 is 1.95 bits per heavy atom. The van der Waals surface area contributed by atoms with E-state index in [9.17, 15) is 9.59 Å². The molecule has 2 heterocycles. The molecule has 0 bridgehead atoms. The van der Waals surface area contributed by atoms with Crippen molar-refractivity contribution in [3.8, 4) is 0 Å². The van der Waals surface area contributed by atoms with Gasteiger partial charge in [0, 0.05) is 31.9 Å². The van der Waals surface area contributed by atoms with Crippen LogP contribution in [0.5, 0.6) is 0 Å². The molecule has 2 aliphatic rings. The first-order valence-corrected chi connectivity index (χ1v) is 8.05. The second-order valence-corrected chi connectivity index (χ2v) is 6.67. The van der Waals surface area contributed by atoms with Crippen LogP contribution in [-0.2, 0) is 7.05 Å². The number of aromatic nitrogens is 1. The number of nitrogens with zero attached hydrogens (tertiary/aromatic N) is 2. The maximum absolute atomic E-state index is 12.9. The molecule has 4 heteroatoms. The van der Waals surface area contributed by atoms with Crippen molar-refractivity contribution in [1.29, 1.82) is 0 Å². The predicted molar refractivity (Wildman–Crippen MR) is 82.2 cm³/mol. The number of carbonyl (C=O) groups excluding carboxylic acids is 1. The summed E-state index contributed by atoms with van der Waals surface area (Å²) in [4.78, 5) is 26.4. The Hall–Kier alpha value is -1.58. The number of hydrogen-bond acceptors (Lipinski definition) is 2. The van der Waals surface area contributed by atoms with Gasteiger partial charge in [-0.25, -0.2) is 0 Å². The number of carbonyl (C=O) groups is 1. The standard InChI is InChI=1S/C17H24N2O2/c1-12-5-3-6-13-7-4-10-19(16(12)13)17(21)14-8-9-15(20)18(2)11-14/h8-9,11-13,16H,3-7,10H2,1-2H3/t12-,13+,16+/m1/s1. The maximum atomic E-state index is 12.9. The smallest absolute Gasteiger partial charge is 0.255 e. The zero-order chi connectivity index (χ0) is 15.0. The van der Waals surface area contributed by atoms with Crippen LogP contribution in [0.25, 0.3) is 0 Å². The number of hydrogen-bond donors (Lipinski definition) is 0. The Bertz CT molecular complexity index is 591. The third kappa shape index (κ3) is 2.63. The molecular formula is C17H24N2O2. The van der Waals surface area contributed by atoms with E-state index in [-0.39, 0.29) is 11.5 Å². The lowest BCUT2D eigenvalue weighted by Gasteiger charge is -2.47. The number of fused-ring (bicyclic) bond motifs is 1. The SMILES string of the molecule is C[C@@H]1CCC[C@H]2CCCN(C(=O)c3ccc(=O)n(C)c3)[C@H]21. The van der Waals surface area contributed by atoms with E-state index in [2.05, 4.69) is 11.8 Å². The van der Waals surface area contributed by atoms with E-state index in [1.54, 1.807) is 19.3 Å². The van der Waals surface area contributed by atoms with Crippen molar-refractivity contribution in [1.82, 2.24) is 9.47 Å². The molecule has 1 aromatic heterocycles. The zero-order valence-corrected chi connectivity index (χ0v) is 12.9. The van der Waals surface area contributed by atoms with Gasteiger partial charge in [0.1, 0.15) is 0 Å². The number of pyridine rings is 1. The van der Waals surface area contributed by atoms with Crippen molar-refractivity contribution in [3.05, 3.63) is 34.2 Å². The minimum atomic E-state index is -0.0749. The molecule has 1 amide bonds. The monoisotopic (exact) mass is 288 g/mol. The normalized spacial score (nSPS) is 29.0. The Morgan fingerprint density at radius 1 is 1.19 bits per heavy atom. The van der Waals surface area contributed by atoms with Gasteiger partial charge in [0.25, 0.3) is 5.91 Å². The third-order valence-electron chi connectivity index (χ3n) is 5.23. The Labute approximate surface area is 125 Å². The molecule has 114 valence electrons. The van der Waals surface area contributed by atoms with Crippen molar-refractivity contribution in [2.45, 2.75) is 45.1 Å². The molecule has 2 fully saturated rings. The van der Waals surface area contributed by atoms with E-state index in [0.29, 0.717) is 23.4 Å². The summed E-state index contributed by atoms with van der Waals surface area (Å²) in [5, 5.41) is 0. The summed E-state index contributed by atoms with van der Waals surface area (Å²) < 4.78 is 1.49. The average molecular weight is 288 g/mol. The summed E-state index contributed by atoms with van der Waals surface area (Å²) in [6, 6.07) is 3.54. The molecule has 3 atom stereocenters. The molecule has 0 radical (unpaired) electrons. The summed E-state index contributed by atoms with van der Waals surface area (Å²) in [5.41, 5.74) is 0.560. The minimum absolute atomic E-state index is 0.0749. The summed E-state index contributed by atoms with van der Waals surface area (Å²) in [6.45, 7) is 3.14. The number of piperidine rings is 1. The van der Waals surface area contributed by atoms with Gasteiger partial charge in [-0.05, 0) is 43.6 Å². The highest BCUT2D eigenvalue weighted by Gasteiger charge is 2.39. The van der Waals surface area contributed by atoms with Gasteiger partial charge in [-0.3, -0.25) is 9.59 Å². The highest BCUT2D eigenvalue weighted by atomic mass is 16.2. The lowest BCUT2D eigenvalue weighted by atomic mass is 9.73. The molecular weight excluding hydrogens is 264 g/mol. The third-order valence-corrected chi connectivity index (χ3v) is 5.23. The maximum Gasteiger partial charge on any atom is 0.255 e. The fourth-order valence-electron chi connectivity index (χ4n) is 4.18. The van der Waals surface area contributed by atoms with Gasteiger partial charge in [-0.2, -0.15) is 0 Å². The van der Waals surface area contributed by atoms with Crippen molar-refractivity contribution >= 4 is 5.91 Å². The summed E-state index contributed by atoms with van der Waals surface area (Å²) in [7, 11) is 1.70. The average Bonchev–Trinajstić information content (AvgIpc) is 2.49. The van der Waals surface area contributed by atoms with Crippen molar-refractivity contribution < 1.29 is 4.79 Å². The topological polar surface area (TPSA) is 42.3 Å². The van der Waals surface area contributed by atoms with Gasteiger partial charge < -0.3 is 9.47 Å². The van der Waals surface area contributed by atoms with Crippen LogP contribution < -0.4 is 5.56 Å². The van der Waals surface area contributed by atoms with Crippen molar-refractivity contribution in [2.75, 3.05) is 6.54 Å². The summed E-state index contributed by atoms with van der Waals surface area (Å²) in [6.07, 6.45) is 7.80. The van der Waals surface area contributed by atoms with Gasteiger partial charge in [0.15, 0.2) is 0 Å². The first kappa shape index (κ1) is 14.4. The highest BCUT2D eigenvalue weighted by molar-refractivity contribution is 5.94. The molecule has 0 aromatic carbocycles. The molecule has 1 saturated carbocycles. The number of rotatable bonds is 1. The highest BCUT2D eigenvalue weighted by Crippen LogP contribution is 2.39. The van der Waals surface area contributed by atoms with E-state index in [1.165, 1.54) is 36.3 Å².